The number of carbonyl (C=O) groups is 1. The first kappa shape index (κ1) is 12.4. The largest absolute Gasteiger partial charge is 0.443 e. The van der Waals surface area contributed by atoms with Crippen molar-refractivity contribution in [2.45, 2.75) is 32.9 Å². The van der Waals surface area contributed by atoms with Crippen LogP contribution in [0, 0.1) is 0 Å². The number of carbonyl (C=O) groups excluding carboxylic acids is 1. The van der Waals surface area contributed by atoms with Crippen molar-refractivity contribution in [1.82, 2.24) is 15.8 Å². The first-order valence-corrected chi connectivity index (χ1v) is 5.09. The second kappa shape index (κ2) is 5.46. The number of ether oxygens (including phenoxy) is 1. The number of hydrazine groups is 1. The zero-order valence-corrected chi connectivity index (χ0v) is 9.78. The molecule has 0 aliphatic carbocycles. The summed E-state index contributed by atoms with van der Waals surface area (Å²) in [5, 5.41) is 0. The van der Waals surface area contributed by atoms with Crippen molar-refractivity contribution in [2.24, 2.45) is 0 Å². The number of rotatable bonds is 3. The molecule has 5 nitrogen and oxygen atoms in total. The molecular weight excluding hydrogens is 206 g/mol. The van der Waals surface area contributed by atoms with Crippen molar-refractivity contribution in [3.63, 3.8) is 0 Å². The topological polar surface area (TPSA) is 63.2 Å². The van der Waals surface area contributed by atoms with E-state index in [1.54, 1.807) is 6.20 Å². The van der Waals surface area contributed by atoms with E-state index >= 15 is 0 Å². The lowest BCUT2D eigenvalue weighted by Crippen LogP contribution is -2.40. The van der Waals surface area contributed by atoms with Crippen LogP contribution in [0.25, 0.3) is 0 Å². The summed E-state index contributed by atoms with van der Waals surface area (Å²) in [6.45, 7) is 5.89. The summed E-state index contributed by atoms with van der Waals surface area (Å²) < 4.78 is 5.04. The van der Waals surface area contributed by atoms with Gasteiger partial charge in [0.05, 0.1) is 12.2 Å². The molecule has 0 unspecified atom stereocenters. The molecule has 0 spiro atoms. The van der Waals surface area contributed by atoms with E-state index < -0.39 is 11.7 Å². The third kappa shape index (κ3) is 5.31. The van der Waals surface area contributed by atoms with Crippen molar-refractivity contribution in [3.8, 4) is 0 Å². The average molecular weight is 223 g/mol. The van der Waals surface area contributed by atoms with Crippen molar-refractivity contribution in [1.29, 1.82) is 0 Å². The molecule has 88 valence electrons. The summed E-state index contributed by atoms with van der Waals surface area (Å²) in [5.74, 6) is 0. The Balaban J connectivity index is 2.24. The van der Waals surface area contributed by atoms with Crippen molar-refractivity contribution >= 4 is 6.09 Å². The maximum atomic E-state index is 11.2. The van der Waals surface area contributed by atoms with Gasteiger partial charge >= 0.3 is 6.09 Å². The van der Waals surface area contributed by atoms with E-state index in [1.165, 1.54) is 0 Å². The van der Waals surface area contributed by atoms with Crippen LogP contribution in [0.1, 0.15) is 26.5 Å². The number of hydrogen-bond acceptors (Lipinski definition) is 4. The fourth-order valence-electron chi connectivity index (χ4n) is 1.01. The molecule has 0 saturated heterocycles. The standard InChI is InChI=1S/C11H17N3O2/c1-11(2,3)16-10(15)14-13-8-9-6-4-5-7-12-9/h4-7,13H,8H2,1-3H3,(H,14,15). The molecule has 0 atom stereocenters. The highest BCUT2D eigenvalue weighted by atomic mass is 16.6. The first-order chi connectivity index (χ1) is 7.47. The fraction of sp³-hybridized carbons (Fsp3) is 0.455. The molecule has 0 aliphatic rings. The van der Waals surface area contributed by atoms with Gasteiger partial charge in [-0.25, -0.2) is 10.2 Å². The highest BCUT2D eigenvalue weighted by Crippen LogP contribution is 2.05. The van der Waals surface area contributed by atoms with E-state index in [9.17, 15) is 4.79 Å². The van der Waals surface area contributed by atoms with Crippen LogP contribution in [0.3, 0.4) is 0 Å². The van der Waals surface area contributed by atoms with Crippen molar-refractivity contribution in [2.75, 3.05) is 0 Å². The number of amides is 1. The van der Waals surface area contributed by atoms with Gasteiger partial charge in [0.15, 0.2) is 0 Å². The fourth-order valence-corrected chi connectivity index (χ4v) is 1.01. The second-order valence-corrected chi connectivity index (χ2v) is 4.30. The minimum Gasteiger partial charge on any atom is -0.443 e. The number of aromatic nitrogens is 1. The summed E-state index contributed by atoms with van der Waals surface area (Å²) in [6.07, 6.45) is 1.20. The third-order valence-electron chi connectivity index (χ3n) is 1.58. The van der Waals surface area contributed by atoms with Crippen LogP contribution in [-0.2, 0) is 11.3 Å². The monoisotopic (exact) mass is 223 g/mol. The Morgan fingerprint density at radius 2 is 2.19 bits per heavy atom. The molecule has 1 aromatic heterocycles. The molecule has 0 fully saturated rings. The number of nitrogens with one attached hydrogen (secondary N) is 2. The molecule has 1 heterocycles. The van der Waals surface area contributed by atoms with Gasteiger partial charge < -0.3 is 4.74 Å². The smallest absolute Gasteiger partial charge is 0.422 e. The highest BCUT2D eigenvalue weighted by molar-refractivity contribution is 5.66. The van der Waals surface area contributed by atoms with E-state index in [4.69, 9.17) is 4.74 Å². The molecule has 0 aliphatic heterocycles. The summed E-state index contributed by atoms with van der Waals surface area (Å²) in [5.41, 5.74) is 5.53. The third-order valence-corrected chi connectivity index (χ3v) is 1.58. The van der Waals surface area contributed by atoms with E-state index in [-0.39, 0.29) is 0 Å². The van der Waals surface area contributed by atoms with Gasteiger partial charge in [0, 0.05) is 6.20 Å². The van der Waals surface area contributed by atoms with Crippen LogP contribution < -0.4 is 10.9 Å². The number of pyridine rings is 1. The lowest BCUT2D eigenvalue weighted by atomic mass is 10.2. The van der Waals surface area contributed by atoms with Crippen LogP contribution in [-0.4, -0.2) is 16.7 Å². The van der Waals surface area contributed by atoms with E-state index in [0.29, 0.717) is 6.54 Å². The van der Waals surface area contributed by atoms with Crippen molar-refractivity contribution in [3.05, 3.63) is 30.1 Å². The predicted molar refractivity (Wildman–Crippen MR) is 60.4 cm³/mol. The van der Waals surface area contributed by atoms with Crippen LogP contribution in [0.4, 0.5) is 4.79 Å². The van der Waals surface area contributed by atoms with E-state index in [2.05, 4.69) is 15.8 Å². The Morgan fingerprint density at radius 1 is 1.44 bits per heavy atom. The van der Waals surface area contributed by atoms with Crippen molar-refractivity contribution < 1.29 is 9.53 Å². The van der Waals surface area contributed by atoms with Crippen LogP contribution in [0.15, 0.2) is 24.4 Å². The molecule has 1 aromatic rings. The molecule has 0 saturated carbocycles. The number of hydrogen-bond donors (Lipinski definition) is 2. The molecule has 0 aromatic carbocycles. The van der Waals surface area contributed by atoms with Gasteiger partial charge in [-0.3, -0.25) is 10.4 Å². The van der Waals surface area contributed by atoms with Gasteiger partial charge in [0.2, 0.25) is 0 Å². The average Bonchev–Trinajstić information content (AvgIpc) is 2.16. The number of nitrogens with zero attached hydrogens (tertiary/aromatic N) is 1. The molecule has 0 radical (unpaired) electrons. The Bertz CT molecular complexity index is 333. The van der Waals surface area contributed by atoms with Gasteiger partial charge in [-0.1, -0.05) is 6.07 Å². The van der Waals surface area contributed by atoms with Gasteiger partial charge in [-0.15, -0.1) is 0 Å². The van der Waals surface area contributed by atoms with Gasteiger partial charge in [0.1, 0.15) is 5.60 Å². The summed E-state index contributed by atoms with van der Waals surface area (Å²) >= 11 is 0. The lowest BCUT2D eigenvalue weighted by Gasteiger charge is -2.19. The second-order valence-electron chi connectivity index (χ2n) is 4.30. The van der Waals surface area contributed by atoms with Gasteiger partial charge in [-0.2, -0.15) is 0 Å². The zero-order valence-electron chi connectivity index (χ0n) is 9.78. The molecule has 1 rings (SSSR count). The summed E-state index contributed by atoms with van der Waals surface area (Å²) in [4.78, 5) is 15.3. The molecule has 2 N–H and O–H groups in total. The molecule has 5 heteroatoms. The Hall–Kier alpha value is -1.62. The maximum Gasteiger partial charge on any atom is 0.422 e. The molecular formula is C11H17N3O2. The predicted octanol–water partition coefficient (Wildman–Crippen LogP) is 1.61. The highest BCUT2D eigenvalue weighted by Gasteiger charge is 2.15. The Labute approximate surface area is 95.2 Å². The quantitative estimate of drug-likeness (QED) is 0.764. The minimum atomic E-state index is -0.497. The van der Waals surface area contributed by atoms with E-state index in [0.717, 1.165) is 5.69 Å². The van der Waals surface area contributed by atoms with Crippen LogP contribution in [0.2, 0.25) is 0 Å². The van der Waals surface area contributed by atoms with Gasteiger partial charge in [-0.05, 0) is 32.9 Å². The van der Waals surface area contributed by atoms with Crippen LogP contribution >= 0.6 is 0 Å². The molecule has 1 amide bonds. The molecule has 0 bridgehead atoms. The maximum absolute atomic E-state index is 11.2. The SMILES string of the molecule is CC(C)(C)OC(=O)NNCc1ccccn1. The minimum absolute atomic E-state index is 0.458. The zero-order chi connectivity index (χ0) is 12.0. The normalized spacial score (nSPS) is 10.9. The Kier molecular flexibility index (Phi) is 4.25. The van der Waals surface area contributed by atoms with Crippen LogP contribution in [0.5, 0.6) is 0 Å². The first-order valence-electron chi connectivity index (χ1n) is 5.09. The summed E-state index contributed by atoms with van der Waals surface area (Å²) in [7, 11) is 0. The lowest BCUT2D eigenvalue weighted by molar-refractivity contribution is 0.0497. The molecule has 16 heavy (non-hydrogen) atoms. The van der Waals surface area contributed by atoms with E-state index in [1.807, 2.05) is 39.0 Å². The van der Waals surface area contributed by atoms with Gasteiger partial charge in [0.25, 0.3) is 0 Å². The Morgan fingerprint density at radius 3 is 2.75 bits per heavy atom. The summed E-state index contributed by atoms with van der Waals surface area (Å²) in [6, 6.07) is 5.59.